The number of halogens is 1. The molecule has 0 saturated heterocycles. The van der Waals surface area contributed by atoms with Gasteiger partial charge in [0.2, 0.25) is 0 Å². The normalized spacial score (nSPS) is 10.7. The molecule has 0 spiro atoms. The third kappa shape index (κ3) is 2.30. The lowest BCUT2D eigenvalue weighted by Crippen LogP contribution is -1.99. The van der Waals surface area contributed by atoms with Gasteiger partial charge in [0.25, 0.3) is 0 Å². The summed E-state index contributed by atoms with van der Waals surface area (Å²) in [4.78, 5) is 8.33. The predicted molar refractivity (Wildman–Crippen MR) is 82.2 cm³/mol. The highest BCUT2D eigenvalue weighted by molar-refractivity contribution is 9.10. The minimum absolute atomic E-state index is 0.515. The van der Waals surface area contributed by atoms with Crippen LogP contribution in [0.4, 0.5) is 0 Å². The van der Waals surface area contributed by atoms with Crippen molar-refractivity contribution in [2.75, 3.05) is 0 Å². The first-order valence-electron chi connectivity index (χ1n) is 5.87. The van der Waals surface area contributed by atoms with Crippen molar-refractivity contribution in [3.63, 3.8) is 0 Å². The van der Waals surface area contributed by atoms with Crippen LogP contribution in [0.5, 0.6) is 0 Å². The topological polar surface area (TPSA) is 59.4 Å². The zero-order chi connectivity index (χ0) is 14.1. The molecule has 5 nitrogen and oxygen atoms in total. The summed E-state index contributed by atoms with van der Waals surface area (Å²) in [6.45, 7) is 2.03. The smallest absolute Gasteiger partial charge is 0.200 e. The first-order chi connectivity index (χ1) is 9.66. The zero-order valence-corrected chi connectivity index (χ0v) is 12.9. The number of rotatable bonds is 2. The van der Waals surface area contributed by atoms with E-state index in [2.05, 4.69) is 36.1 Å². The number of nitrogens with zero attached hydrogens (tertiary/aromatic N) is 4. The molecular weight excluding hydrogens is 338 g/mol. The van der Waals surface area contributed by atoms with Gasteiger partial charge in [-0.3, -0.25) is 14.6 Å². The Balaban J connectivity index is 2.22. The number of aromatic nitrogens is 5. The summed E-state index contributed by atoms with van der Waals surface area (Å²) in [7, 11) is 0. The van der Waals surface area contributed by atoms with Gasteiger partial charge in [-0.2, -0.15) is 5.10 Å². The number of aryl methyl sites for hydroxylation is 1. The SMILES string of the molecule is Cc1ccc(-n2c(-c3cnccn3)n[nH]c2=S)cc1Br. The summed E-state index contributed by atoms with van der Waals surface area (Å²) in [5.41, 5.74) is 2.74. The molecule has 1 aromatic carbocycles. The molecule has 20 heavy (non-hydrogen) atoms. The molecule has 1 N–H and O–H groups in total. The molecule has 2 aromatic heterocycles. The average molecular weight is 348 g/mol. The lowest BCUT2D eigenvalue weighted by Gasteiger charge is -2.07. The van der Waals surface area contributed by atoms with E-state index >= 15 is 0 Å². The van der Waals surface area contributed by atoms with Gasteiger partial charge < -0.3 is 0 Å². The molecule has 2 heterocycles. The van der Waals surface area contributed by atoms with Crippen LogP contribution in [-0.2, 0) is 0 Å². The van der Waals surface area contributed by atoms with Gasteiger partial charge in [0.15, 0.2) is 10.6 Å². The summed E-state index contributed by atoms with van der Waals surface area (Å²) < 4.78 is 3.37. The monoisotopic (exact) mass is 347 g/mol. The van der Waals surface area contributed by atoms with Crippen LogP contribution in [0.3, 0.4) is 0 Å². The van der Waals surface area contributed by atoms with Gasteiger partial charge >= 0.3 is 0 Å². The van der Waals surface area contributed by atoms with Crippen molar-refractivity contribution in [1.29, 1.82) is 0 Å². The summed E-state index contributed by atoms with van der Waals surface area (Å²) in [5.74, 6) is 0.638. The number of nitrogens with one attached hydrogen (secondary N) is 1. The van der Waals surface area contributed by atoms with E-state index in [9.17, 15) is 0 Å². The standard InChI is InChI=1S/C13H10BrN5S/c1-8-2-3-9(6-10(8)14)19-12(17-18-13(19)20)11-7-15-4-5-16-11/h2-7H,1H3,(H,18,20). The molecule has 0 unspecified atom stereocenters. The fraction of sp³-hybridized carbons (Fsp3) is 0.0769. The Hall–Kier alpha value is -1.86. The van der Waals surface area contributed by atoms with Crippen LogP contribution in [0.15, 0.2) is 41.3 Å². The minimum atomic E-state index is 0.515. The third-order valence-electron chi connectivity index (χ3n) is 2.88. The number of hydrogen-bond donors (Lipinski definition) is 1. The second-order valence-corrected chi connectivity index (χ2v) is 5.45. The highest BCUT2D eigenvalue weighted by Gasteiger charge is 2.12. The number of hydrogen-bond acceptors (Lipinski definition) is 4. The molecule has 3 aromatic rings. The lowest BCUT2D eigenvalue weighted by atomic mass is 10.2. The molecular formula is C13H10BrN5S. The van der Waals surface area contributed by atoms with E-state index in [1.54, 1.807) is 18.6 Å². The third-order valence-corrected chi connectivity index (χ3v) is 4.01. The molecule has 100 valence electrons. The fourth-order valence-electron chi connectivity index (χ4n) is 1.84. The van der Waals surface area contributed by atoms with Crippen molar-refractivity contribution >= 4 is 28.1 Å². The van der Waals surface area contributed by atoms with E-state index in [0.29, 0.717) is 16.3 Å². The van der Waals surface area contributed by atoms with Gasteiger partial charge in [-0.25, -0.2) is 4.98 Å². The first kappa shape index (κ1) is 13.1. The molecule has 0 atom stereocenters. The lowest BCUT2D eigenvalue weighted by molar-refractivity contribution is 1.02. The van der Waals surface area contributed by atoms with Crippen LogP contribution in [0, 0.1) is 11.7 Å². The van der Waals surface area contributed by atoms with Gasteiger partial charge in [0.05, 0.1) is 11.9 Å². The molecule has 0 amide bonds. The van der Waals surface area contributed by atoms with Crippen LogP contribution < -0.4 is 0 Å². The van der Waals surface area contributed by atoms with Crippen molar-refractivity contribution in [1.82, 2.24) is 24.7 Å². The van der Waals surface area contributed by atoms with E-state index < -0.39 is 0 Å². The van der Waals surface area contributed by atoms with E-state index in [1.807, 2.05) is 29.7 Å². The van der Waals surface area contributed by atoms with Crippen LogP contribution in [0.1, 0.15) is 5.56 Å². The molecule has 0 aliphatic heterocycles. The molecule has 3 rings (SSSR count). The summed E-state index contributed by atoms with van der Waals surface area (Å²) in [6.07, 6.45) is 4.91. The molecule has 0 radical (unpaired) electrons. The highest BCUT2D eigenvalue weighted by Crippen LogP contribution is 2.23. The molecule has 0 saturated carbocycles. The maximum Gasteiger partial charge on any atom is 0.200 e. The first-order valence-corrected chi connectivity index (χ1v) is 7.07. The molecule has 0 aliphatic rings. The Bertz CT molecular complexity index is 809. The maximum atomic E-state index is 5.31. The minimum Gasteiger partial charge on any atom is -0.267 e. The van der Waals surface area contributed by atoms with E-state index in [1.165, 1.54) is 0 Å². The quantitative estimate of drug-likeness (QED) is 0.721. The second-order valence-electron chi connectivity index (χ2n) is 4.21. The van der Waals surface area contributed by atoms with Crippen molar-refractivity contribution in [3.05, 3.63) is 51.6 Å². The van der Waals surface area contributed by atoms with Crippen LogP contribution in [0.2, 0.25) is 0 Å². The fourth-order valence-corrected chi connectivity index (χ4v) is 2.45. The van der Waals surface area contributed by atoms with Crippen molar-refractivity contribution in [2.45, 2.75) is 6.92 Å². The molecule has 0 fully saturated rings. The Morgan fingerprint density at radius 2 is 2.15 bits per heavy atom. The van der Waals surface area contributed by atoms with Crippen molar-refractivity contribution in [2.24, 2.45) is 0 Å². The second kappa shape index (κ2) is 5.26. The number of H-pyrrole nitrogens is 1. The average Bonchev–Trinajstić information content (AvgIpc) is 2.85. The molecule has 0 bridgehead atoms. The van der Waals surface area contributed by atoms with E-state index in [4.69, 9.17) is 12.2 Å². The summed E-state index contributed by atoms with van der Waals surface area (Å²) in [6, 6.07) is 6.01. The Labute approximate surface area is 128 Å². The van der Waals surface area contributed by atoms with Crippen molar-refractivity contribution < 1.29 is 0 Å². The van der Waals surface area contributed by atoms with Gasteiger partial charge in [-0.1, -0.05) is 22.0 Å². The van der Waals surface area contributed by atoms with Crippen LogP contribution in [0.25, 0.3) is 17.2 Å². The van der Waals surface area contributed by atoms with Gasteiger partial charge in [0, 0.05) is 16.9 Å². The van der Waals surface area contributed by atoms with Gasteiger partial charge in [-0.15, -0.1) is 0 Å². The van der Waals surface area contributed by atoms with E-state index in [-0.39, 0.29) is 0 Å². The number of benzene rings is 1. The number of aromatic amines is 1. The molecule has 7 heteroatoms. The Morgan fingerprint density at radius 3 is 2.85 bits per heavy atom. The largest absolute Gasteiger partial charge is 0.267 e. The Morgan fingerprint density at radius 1 is 1.30 bits per heavy atom. The zero-order valence-electron chi connectivity index (χ0n) is 10.5. The van der Waals surface area contributed by atoms with E-state index in [0.717, 1.165) is 15.7 Å². The summed E-state index contributed by atoms with van der Waals surface area (Å²) in [5, 5.41) is 7.04. The summed E-state index contributed by atoms with van der Waals surface area (Å²) >= 11 is 8.84. The maximum absolute atomic E-state index is 5.31. The van der Waals surface area contributed by atoms with Gasteiger partial charge in [0.1, 0.15) is 5.69 Å². The Kier molecular flexibility index (Phi) is 3.45. The van der Waals surface area contributed by atoms with Crippen LogP contribution in [-0.4, -0.2) is 24.7 Å². The van der Waals surface area contributed by atoms with Gasteiger partial charge in [-0.05, 0) is 36.8 Å². The van der Waals surface area contributed by atoms with Crippen molar-refractivity contribution in [3.8, 4) is 17.2 Å². The van der Waals surface area contributed by atoms with Crippen LogP contribution >= 0.6 is 28.1 Å². The highest BCUT2D eigenvalue weighted by atomic mass is 79.9. The molecule has 0 aliphatic carbocycles. The predicted octanol–water partition coefficient (Wildman–Crippen LogP) is 3.46.